The number of benzene rings is 1. The zero-order valence-electron chi connectivity index (χ0n) is 8.76. The molecule has 0 saturated carbocycles. The Morgan fingerprint density at radius 3 is 2.94 bits per heavy atom. The lowest BCUT2D eigenvalue weighted by Gasteiger charge is -2.24. The summed E-state index contributed by atoms with van der Waals surface area (Å²) in [4.78, 5) is 13.1. The van der Waals surface area contributed by atoms with Crippen molar-refractivity contribution in [3.63, 3.8) is 0 Å². The first kappa shape index (κ1) is 9.51. The zero-order valence-corrected chi connectivity index (χ0v) is 8.76. The van der Waals surface area contributed by atoms with Gasteiger partial charge in [-0.15, -0.1) is 0 Å². The Labute approximate surface area is 93.1 Å². The fraction of sp³-hybridized carbons (Fsp3) is 0.417. The predicted molar refractivity (Wildman–Crippen MR) is 58.7 cm³/mol. The topological polar surface area (TPSA) is 60.8 Å². The zero-order chi connectivity index (χ0) is 11.3. The smallest absolute Gasteiger partial charge is 0.326 e. The van der Waals surface area contributed by atoms with Crippen molar-refractivity contribution in [2.45, 2.75) is 31.3 Å². The number of anilines is 1. The molecule has 4 nitrogen and oxygen atoms in total. The van der Waals surface area contributed by atoms with E-state index in [1.54, 1.807) is 12.1 Å². The molecule has 16 heavy (non-hydrogen) atoms. The average molecular weight is 219 g/mol. The maximum atomic E-state index is 11.1. The van der Waals surface area contributed by atoms with Gasteiger partial charge >= 0.3 is 5.97 Å². The van der Waals surface area contributed by atoms with Crippen LogP contribution in [0.3, 0.4) is 0 Å². The second kappa shape index (κ2) is 3.14. The van der Waals surface area contributed by atoms with Crippen molar-refractivity contribution in [1.82, 2.24) is 0 Å². The minimum atomic E-state index is -0.765. The van der Waals surface area contributed by atoms with Gasteiger partial charge in [0.25, 0.3) is 0 Å². The van der Waals surface area contributed by atoms with Crippen LogP contribution in [0.5, 0.6) is 5.75 Å². The van der Waals surface area contributed by atoms with E-state index in [0.29, 0.717) is 12.5 Å². The van der Waals surface area contributed by atoms with E-state index in [1.165, 1.54) is 0 Å². The molecule has 2 N–H and O–H groups in total. The van der Waals surface area contributed by atoms with Gasteiger partial charge in [-0.2, -0.15) is 0 Å². The van der Waals surface area contributed by atoms with Crippen molar-refractivity contribution in [2.24, 2.45) is 0 Å². The summed E-state index contributed by atoms with van der Waals surface area (Å²) in [6.07, 6.45) is 2.53. The van der Waals surface area contributed by atoms with Crippen LogP contribution in [0.4, 0.5) is 5.69 Å². The molecule has 2 atom stereocenters. The maximum absolute atomic E-state index is 11.1. The summed E-state index contributed by atoms with van der Waals surface area (Å²) in [5.74, 6) is -0.561. The first-order valence-corrected chi connectivity index (χ1v) is 5.50. The monoisotopic (exact) mass is 219 g/mol. The standard InChI is InChI=1S/C12H13NO3/c14-9-3-1-7-5-8-2-4-10(12(15)16)13(8)11(7)6-9/h1,3,6,8,10,14H,2,4-5H2,(H,15,16). The third-order valence-corrected chi connectivity index (χ3v) is 3.59. The van der Waals surface area contributed by atoms with Gasteiger partial charge < -0.3 is 15.1 Å². The van der Waals surface area contributed by atoms with Crippen LogP contribution in [0.1, 0.15) is 18.4 Å². The number of carboxylic acid groups (broad SMARTS) is 1. The highest BCUT2D eigenvalue weighted by Gasteiger charge is 2.42. The molecule has 0 bridgehead atoms. The molecule has 1 fully saturated rings. The van der Waals surface area contributed by atoms with Gasteiger partial charge in [-0.3, -0.25) is 0 Å². The summed E-state index contributed by atoms with van der Waals surface area (Å²) < 4.78 is 0. The number of phenols is 1. The molecular formula is C12H13NO3. The van der Waals surface area contributed by atoms with Crippen molar-refractivity contribution in [3.8, 4) is 5.75 Å². The molecule has 84 valence electrons. The van der Waals surface area contributed by atoms with E-state index in [0.717, 1.165) is 24.1 Å². The van der Waals surface area contributed by atoms with Crippen molar-refractivity contribution in [3.05, 3.63) is 23.8 Å². The van der Waals surface area contributed by atoms with Crippen molar-refractivity contribution < 1.29 is 15.0 Å². The van der Waals surface area contributed by atoms with Crippen molar-refractivity contribution >= 4 is 11.7 Å². The molecule has 1 aromatic carbocycles. The van der Waals surface area contributed by atoms with Crippen LogP contribution in [0, 0.1) is 0 Å². The molecular weight excluding hydrogens is 206 g/mol. The van der Waals surface area contributed by atoms with Gasteiger partial charge in [-0.1, -0.05) is 6.07 Å². The Bertz CT molecular complexity index is 458. The summed E-state index contributed by atoms with van der Waals surface area (Å²) in [7, 11) is 0. The highest BCUT2D eigenvalue weighted by Crippen LogP contribution is 2.42. The molecule has 1 saturated heterocycles. The van der Waals surface area contributed by atoms with Gasteiger partial charge in [-0.05, 0) is 30.9 Å². The minimum Gasteiger partial charge on any atom is -0.508 e. The summed E-state index contributed by atoms with van der Waals surface area (Å²) in [5, 5.41) is 18.6. The molecule has 3 rings (SSSR count). The highest BCUT2D eigenvalue weighted by atomic mass is 16.4. The molecule has 2 heterocycles. The Balaban J connectivity index is 2.05. The van der Waals surface area contributed by atoms with Crippen LogP contribution >= 0.6 is 0 Å². The lowest BCUT2D eigenvalue weighted by Crippen LogP contribution is -2.38. The molecule has 2 aliphatic rings. The highest BCUT2D eigenvalue weighted by molar-refractivity contribution is 5.81. The first-order chi connectivity index (χ1) is 7.66. The van der Waals surface area contributed by atoms with E-state index < -0.39 is 12.0 Å². The van der Waals surface area contributed by atoms with Gasteiger partial charge in [0.15, 0.2) is 0 Å². The molecule has 0 amide bonds. The normalized spacial score (nSPS) is 26.6. The van der Waals surface area contributed by atoms with Gasteiger partial charge in [-0.25, -0.2) is 4.79 Å². The van der Waals surface area contributed by atoms with Crippen LogP contribution in [0.15, 0.2) is 18.2 Å². The number of carboxylic acids is 1. The first-order valence-electron chi connectivity index (χ1n) is 5.50. The molecule has 0 aliphatic carbocycles. The van der Waals surface area contributed by atoms with Gasteiger partial charge in [0, 0.05) is 17.8 Å². The number of aliphatic carboxylic acids is 1. The molecule has 0 spiro atoms. The number of phenolic OH excluding ortho intramolecular Hbond substituents is 1. The molecule has 2 aliphatic heterocycles. The molecule has 0 radical (unpaired) electrons. The van der Waals surface area contributed by atoms with Gasteiger partial charge in [0.05, 0.1) is 0 Å². The summed E-state index contributed by atoms with van der Waals surface area (Å²) in [6, 6.07) is 5.11. The van der Waals surface area contributed by atoms with E-state index in [4.69, 9.17) is 5.11 Å². The Kier molecular flexibility index (Phi) is 1.87. The summed E-state index contributed by atoms with van der Waals surface area (Å²) in [6.45, 7) is 0. The number of aromatic hydroxyl groups is 1. The lowest BCUT2D eigenvalue weighted by molar-refractivity contribution is -0.138. The average Bonchev–Trinajstić information content (AvgIpc) is 2.76. The molecule has 2 unspecified atom stereocenters. The lowest BCUT2D eigenvalue weighted by atomic mass is 10.1. The largest absolute Gasteiger partial charge is 0.508 e. The Morgan fingerprint density at radius 2 is 2.19 bits per heavy atom. The third-order valence-electron chi connectivity index (χ3n) is 3.59. The van der Waals surface area contributed by atoms with E-state index in [9.17, 15) is 9.90 Å². The van der Waals surface area contributed by atoms with Crippen LogP contribution in [-0.4, -0.2) is 28.3 Å². The number of fused-ring (bicyclic) bond motifs is 3. The molecule has 1 aromatic rings. The van der Waals surface area contributed by atoms with E-state index in [2.05, 4.69) is 0 Å². The van der Waals surface area contributed by atoms with Crippen LogP contribution < -0.4 is 4.90 Å². The quantitative estimate of drug-likeness (QED) is 0.749. The number of hydrogen-bond donors (Lipinski definition) is 2. The summed E-state index contributed by atoms with van der Waals surface area (Å²) >= 11 is 0. The fourth-order valence-corrected chi connectivity index (χ4v) is 2.91. The van der Waals surface area contributed by atoms with Crippen LogP contribution in [-0.2, 0) is 11.2 Å². The number of rotatable bonds is 1. The maximum Gasteiger partial charge on any atom is 0.326 e. The van der Waals surface area contributed by atoms with Crippen molar-refractivity contribution in [2.75, 3.05) is 4.90 Å². The van der Waals surface area contributed by atoms with E-state index >= 15 is 0 Å². The van der Waals surface area contributed by atoms with Crippen LogP contribution in [0.25, 0.3) is 0 Å². The van der Waals surface area contributed by atoms with Gasteiger partial charge in [0.1, 0.15) is 11.8 Å². The SMILES string of the molecule is O=C(O)C1CCC2Cc3ccc(O)cc3N21. The van der Waals surface area contributed by atoms with E-state index in [-0.39, 0.29) is 5.75 Å². The third kappa shape index (κ3) is 1.19. The Morgan fingerprint density at radius 1 is 1.38 bits per heavy atom. The Hall–Kier alpha value is -1.71. The number of hydrogen-bond acceptors (Lipinski definition) is 3. The van der Waals surface area contributed by atoms with Crippen LogP contribution in [0.2, 0.25) is 0 Å². The fourth-order valence-electron chi connectivity index (χ4n) is 2.91. The molecule has 0 aromatic heterocycles. The van der Waals surface area contributed by atoms with E-state index in [1.807, 2.05) is 11.0 Å². The minimum absolute atomic E-state index is 0.204. The van der Waals surface area contributed by atoms with Crippen molar-refractivity contribution in [1.29, 1.82) is 0 Å². The van der Waals surface area contributed by atoms with Gasteiger partial charge in [0.2, 0.25) is 0 Å². The summed E-state index contributed by atoms with van der Waals surface area (Å²) in [5.41, 5.74) is 2.05. The molecule has 4 heteroatoms. The number of carbonyl (C=O) groups is 1. The second-order valence-electron chi connectivity index (χ2n) is 4.51. The predicted octanol–water partition coefficient (Wildman–Crippen LogP) is 1.37. The second-order valence-corrected chi connectivity index (χ2v) is 4.51. The number of nitrogens with zero attached hydrogens (tertiary/aromatic N) is 1.